The number of hydrogen-bond donors (Lipinski definition) is 1. The fraction of sp³-hybridized carbons (Fsp3) is 0.273. The molecule has 36 heavy (non-hydrogen) atoms. The summed E-state index contributed by atoms with van der Waals surface area (Å²) in [4.78, 5) is 5.55. The predicted octanol–water partition coefficient (Wildman–Crippen LogP) is 9.69. The van der Waals surface area contributed by atoms with E-state index in [1.54, 1.807) is 18.2 Å². The minimum absolute atomic E-state index is 0.134. The van der Waals surface area contributed by atoms with Crippen LogP contribution in [-0.2, 0) is 10.3 Å². The molecule has 0 unspecified atom stereocenters. The number of benzene rings is 2. The van der Waals surface area contributed by atoms with E-state index < -0.39 is 0 Å². The van der Waals surface area contributed by atoms with Gasteiger partial charge in [-0.3, -0.25) is 0 Å². The van der Waals surface area contributed by atoms with Gasteiger partial charge in [0, 0.05) is 5.41 Å². The lowest BCUT2D eigenvalue weighted by Crippen LogP contribution is -2.18. The molecule has 0 amide bonds. The average molecular weight is 488 g/mol. The van der Waals surface area contributed by atoms with Crippen molar-refractivity contribution in [1.29, 1.82) is 0 Å². The lowest BCUT2D eigenvalue weighted by Gasteiger charge is -2.27. The normalized spacial score (nSPS) is 11.1. The van der Waals surface area contributed by atoms with Crippen molar-refractivity contribution in [2.75, 3.05) is 0 Å². The van der Waals surface area contributed by atoms with Gasteiger partial charge in [0.2, 0.25) is 0 Å². The van der Waals surface area contributed by atoms with E-state index in [4.69, 9.17) is 9.57 Å². The molecule has 194 valence electrons. The molecule has 2 aromatic rings. The van der Waals surface area contributed by atoms with Gasteiger partial charge in [0.1, 0.15) is 17.3 Å². The molecule has 0 saturated heterocycles. The Kier molecular flexibility index (Phi) is 19.5. The van der Waals surface area contributed by atoms with E-state index in [2.05, 4.69) is 70.5 Å². The van der Waals surface area contributed by atoms with E-state index in [1.165, 1.54) is 11.1 Å². The van der Waals surface area contributed by atoms with Gasteiger partial charge in [-0.15, -0.1) is 12.8 Å². The highest BCUT2D eigenvalue weighted by Gasteiger charge is 2.22. The number of rotatable bonds is 10. The highest BCUT2D eigenvalue weighted by Crippen LogP contribution is 2.33. The van der Waals surface area contributed by atoms with Crippen LogP contribution >= 0.6 is 0 Å². The summed E-state index contributed by atoms with van der Waals surface area (Å²) < 4.78 is 5.89. The van der Waals surface area contributed by atoms with Gasteiger partial charge in [0.15, 0.2) is 0 Å². The van der Waals surface area contributed by atoms with Crippen LogP contribution in [0.3, 0.4) is 0 Å². The van der Waals surface area contributed by atoms with Crippen molar-refractivity contribution in [1.82, 2.24) is 5.48 Å². The van der Waals surface area contributed by atoms with Crippen LogP contribution in [-0.4, -0.2) is 0 Å². The lowest BCUT2D eigenvalue weighted by atomic mass is 9.78. The Labute approximate surface area is 220 Å². The topological polar surface area (TPSA) is 30.5 Å². The second kappa shape index (κ2) is 20.5. The third kappa shape index (κ3) is 12.5. The third-order valence-corrected chi connectivity index (χ3v) is 4.96. The first-order chi connectivity index (χ1) is 17.4. The van der Waals surface area contributed by atoms with E-state index in [1.807, 2.05) is 83.2 Å². The molecule has 0 bridgehead atoms. The molecule has 0 saturated carbocycles. The van der Waals surface area contributed by atoms with Gasteiger partial charge in [-0.2, -0.15) is 0 Å². The van der Waals surface area contributed by atoms with E-state index in [-0.39, 0.29) is 5.41 Å². The first-order valence-corrected chi connectivity index (χ1v) is 12.3. The molecule has 0 atom stereocenters. The standard InChI is InChI=1S/C27H31NO2.2C2H6.C2H2/c1-7-12-24(8-2)28-30-22(4)16-15-21(3)27(5,6)23-17-19-26(20-18-23)29-25-13-10-9-11-14-25;3*1-2/h7-20,28H,1-2H2,3-6H3;2*1-2H3;1-2H/b21-15+,22-16+,24-12+;;;. The van der Waals surface area contributed by atoms with E-state index in [9.17, 15) is 0 Å². The van der Waals surface area contributed by atoms with Crippen LogP contribution in [0.1, 0.15) is 61.0 Å². The van der Waals surface area contributed by atoms with Crippen molar-refractivity contribution in [2.45, 2.75) is 60.8 Å². The summed E-state index contributed by atoms with van der Waals surface area (Å²) in [6.45, 7) is 23.8. The van der Waals surface area contributed by atoms with E-state index in [0.29, 0.717) is 0 Å². The van der Waals surface area contributed by atoms with Gasteiger partial charge in [-0.1, -0.05) is 103 Å². The molecule has 2 rings (SSSR count). The fourth-order valence-electron chi connectivity index (χ4n) is 2.69. The van der Waals surface area contributed by atoms with Gasteiger partial charge >= 0.3 is 0 Å². The zero-order chi connectivity index (χ0) is 28.0. The Bertz CT molecular complexity index is 975. The maximum absolute atomic E-state index is 5.89. The average Bonchev–Trinajstić information content (AvgIpc) is 2.93. The first-order valence-electron chi connectivity index (χ1n) is 12.3. The van der Waals surface area contributed by atoms with Crippen LogP contribution in [0.5, 0.6) is 11.5 Å². The fourth-order valence-corrected chi connectivity index (χ4v) is 2.69. The predicted molar refractivity (Wildman–Crippen MR) is 159 cm³/mol. The summed E-state index contributed by atoms with van der Waals surface area (Å²) in [6.07, 6.45) is 17.2. The largest absolute Gasteiger partial charge is 0.457 e. The first kappa shape index (κ1) is 34.3. The summed E-state index contributed by atoms with van der Waals surface area (Å²) in [5, 5.41) is 0. The molecule has 0 spiro atoms. The number of nitrogens with one attached hydrogen (secondary N) is 1. The molecule has 0 aliphatic rings. The number of hydroxylamine groups is 1. The number of terminal acetylenes is 1. The summed E-state index contributed by atoms with van der Waals surface area (Å²) in [7, 11) is 0. The molecular formula is C33H45NO2. The zero-order valence-corrected chi connectivity index (χ0v) is 23.5. The summed E-state index contributed by atoms with van der Waals surface area (Å²) >= 11 is 0. The van der Waals surface area contributed by atoms with Crippen LogP contribution in [0.4, 0.5) is 0 Å². The third-order valence-electron chi connectivity index (χ3n) is 4.96. The zero-order valence-electron chi connectivity index (χ0n) is 23.5. The molecule has 1 N–H and O–H groups in total. The van der Waals surface area contributed by atoms with Crippen molar-refractivity contribution in [3.8, 4) is 24.3 Å². The number of allylic oxidation sites excluding steroid dienone is 7. The SMILES string of the molecule is C#C.C=C/C=C(\C=C)NO/C(C)=C/C=C(\C)C(C)(C)c1ccc(Oc2ccccc2)cc1.CC.CC. The number of para-hydroxylation sites is 1. The van der Waals surface area contributed by atoms with Crippen molar-refractivity contribution in [2.24, 2.45) is 0 Å². The second-order valence-electron chi connectivity index (χ2n) is 7.46. The van der Waals surface area contributed by atoms with Crippen molar-refractivity contribution < 1.29 is 9.57 Å². The number of ether oxygens (including phenoxy) is 1. The smallest absolute Gasteiger partial charge is 0.129 e. The highest BCUT2D eigenvalue weighted by molar-refractivity contribution is 5.40. The van der Waals surface area contributed by atoms with Crippen LogP contribution < -0.4 is 10.2 Å². The molecular weight excluding hydrogens is 442 g/mol. The van der Waals surface area contributed by atoms with Crippen molar-refractivity contribution in [3.63, 3.8) is 0 Å². The van der Waals surface area contributed by atoms with Crippen molar-refractivity contribution >= 4 is 0 Å². The Morgan fingerprint density at radius 1 is 0.806 bits per heavy atom. The Morgan fingerprint density at radius 2 is 1.33 bits per heavy atom. The maximum Gasteiger partial charge on any atom is 0.129 e. The summed E-state index contributed by atoms with van der Waals surface area (Å²) in [6, 6.07) is 18.0. The molecule has 3 heteroatoms. The monoisotopic (exact) mass is 487 g/mol. The van der Waals surface area contributed by atoms with E-state index >= 15 is 0 Å². The van der Waals surface area contributed by atoms with Crippen LogP contribution in [0.25, 0.3) is 0 Å². The minimum atomic E-state index is -0.134. The Balaban J connectivity index is 0. The van der Waals surface area contributed by atoms with Crippen LogP contribution in [0.2, 0.25) is 0 Å². The minimum Gasteiger partial charge on any atom is -0.457 e. The highest BCUT2D eigenvalue weighted by atomic mass is 16.6. The van der Waals surface area contributed by atoms with Crippen molar-refractivity contribution in [3.05, 3.63) is 121 Å². The number of hydrogen-bond acceptors (Lipinski definition) is 3. The van der Waals surface area contributed by atoms with Gasteiger partial charge in [-0.25, -0.2) is 5.48 Å². The maximum atomic E-state index is 5.89. The van der Waals surface area contributed by atoms with Crippen LogP contribution in [0.15, 0.2) is 115 Å². The molecule has 3 nitrogen and oxygen atoms in total. The van der Waals surface area contributed by atoms with Gasteiger partial charge < -0.3 is 9.57 Å². The Morgan fingerprint density at radius 3 is 1.83 bits per heavy atom. The molecule has 0 radical (unpaired) electrons. The molecule has 0 aromatic heterocycles. The molecule has 0 aliphatic carbocycles. The quantitative estimate of drug-likeness (QED) is 0.157. The van der Waals surface area contributed by atoms with Gasteiger partial charge in [0.25, 0.3) is 0 Å². The molecule has 0 fully saturated rings. The molecule has 2 aromatic carbocycles. The molecule has 0 aliphatic heterocycles. The lowest BCUT2D eigenvalue weighted by molar-refractivity contribution is 0.137. The van der Waals surface area contributed by atoms with Crippen LogP contribution in [0, 0.1) is 12.8 Å². The Hall–Kier alpha value is -3.90. The van der Waals surface area contributed by atoms with Gasteiger partial charge in [0.05, 0.1) is 5.70 Å². The summed E-state index contributed by atoms with van der Waals surface area (Å²) in [5.41, 5.74) is 5.89. The summed E-state index contributed by atoms with van der Waals surface area (Å²) in [5.74, 6) is 2.40. The van der Waals surface area contributed by atoms with Gasteiger partial charge in [-0.05, 0) is 61.9 Å². The van der Waals surface area contributed by atoms with E-state index in [0.717, 1.165) is 23.0 Å². The molecule has 0 heterocycles. The second-order valence-corrected chi connectivity index (χ2v) is 7.46.